The minimum absolute atomic E-state index is 0.138. The Kier molecular flexibility index (Phi) is 11.0. The number of anilines is 1. The molecule has 1 fully saturated rings. The van der Waals surface area contributed by atoms with Gasteiger partial charge in [-0.1, -0.05) is 52.8 Å². The van der Waals surface area contributed by atoms with Crippen LogP contribution in [0.15, 0.2) is 54.7 Å². The zero-order valence-corrected chi connectivity index (χ0v) is 34.3. The highest BCUT2D eigenvalue weighted by Gasteiger charge is 2.66. The predicted molar refractivity (Wildman–Crippen MR) is 217 cm³/mol. The van der Waals surface area contributed by atoms with Crippen molar-refractivity contribution in [1.29, 1.82) is 0 Å². The lowest BCUT2D eigenvalue weighted by Gasteiger charge is -2.23. The molecule has 1 amide bonds. The molecule has 0 bridgehead atoms. The number of carbonyl (C=O) groups is 1. The second kappa shape index (κ2) is 15.3. The first-order valence-electron chi connectivity index (χ1n) is 18.2. The zero-order valence-electron chi connectivity index (χ0n) is 31.4. The van der Waals surface area contributed by atoms with Crippen molar-refractivity contribution in [3.05, 3.63) is 105 Å². The summed E-state index contributed by atoms with van der Waals surface area (Å²) in [5.41, 5.74) is 2.08. The molecular formula is C41H39ClF4IN7O3. The zero-order chi connectivity index (χ0) is 41.1. The van der Waals surface area contributed by atoms with Crippen LogP contribution in [0.3, 0.4) is 0 Å². The molecule has 7 rings (SSSR count). The van der Waals surface area contributed by atoms with E-state index in [0.717, 1.165) is 22.9 Å². The molecule has 0 saturated heterocycles. The van der Waals surface area contributed by atoms with Crippen LogP contribution in [0, 0.1) is 29.4 Å². The fourth-order valence-electron chi connectivity index (χ4n) is 7.57. The monoisotopic (exact) mass is 915 g/mol. The largest absolute Gasteiger partial charge is 0.396 e. The number of fused-ring (bicyclic) bond motifs is 4. The van der Waals surface area contributed by atoms with E-state index in [1.165, 1.54) is 13.8 Å². The summed E-state index contributed by atoms with van der Waals surface area (Å²) in [6.07, 6.45) is 0.453. The van der Waals surface area contributed by atoms with Crippen LogP contribution in [-0.2, 0) is 30.7 Å². The van der Waals surface area contributed by atoms with Crippen LogP contribution < -0.4 is 10.6 Å². The Morgan fingerprint density at radius 3 is 2.51 bits per heavy atom. The highest BCUT2D eigenvalue weighted by molar-refractivity contribution is 14.1. The molecule has 10 nitrogen and oxygen atoms in total. The van der Waals surface area contributed by atoms with E-state index in [9.17, 15) is 23.8 Å². The smallest absolute Gasteiger partial charge is 0.293 e. The average molecular weight is 916 g/mol. The molecule has 0 aliphatic heterocycles. The summed E-state index contributed by atoms with van der Waals surface area (Å²) in [5, 5.41) is 35.9. The normalized spacial score (nSPS) is 17.7. The highest BCUT2D eigenvalue weighted by Crippen LogP contribution is 2.68. The molecule has 16 heteroatoms. The minimum atomic E-state index is -3.15. The van der Waals surface area contributed by atoms with Gasteiger partial charge in [-0.05, 0) is 81.3 Å². The Bertz CT molecular complexity index is 2480. The lowest BCUT2D eigenvalue weighted by atomic mass is 9.93. The summed E-state index contributed by atoms with van der Waals surface area (Å²) in [5.74, 6) is -0.663. The third-order valence-electron chi connectivity index (χ3n) is 10.0. The van der Waals surface area contributed by atoms with E-state index in [1.807, 2.05) is 6.92 Å². The molecule has 1 unspecified atom stereocenters. The highest BCUT2D eigenvalue weighted by atomic mass is 127. The summed E-state index contributed by atoms with van der Waals surface area (Å²) in [6, 6.07) is 8.66. The van der Waals surface area contributed by atoms with Crippen molar-refractivity contribution in [3.63, 3.8) is 0 Å². The third-order valence-corrected chi connectivity index (χ3v) is 10.9. The lowest BCUT2D eigenvalue weighted by molar-refractivity contribution is -0.122. The number of nitrogens with zero attached hydrogens (tertiary/aromatic N) is 5. The van der Waals surface area contributed by atoms with Gasteiger partial charge in [-0.2, -0.15) is 19.0 Å². The van der Waals surface area contributed by atoms with Crippen LogP contribution in [0.1, 0.15) is 83.4 Å². The van der Waals surface area contributed by atoms with Gasteiger partial charge < -0.3 is 20.8 Å². The lowest BCUT2D eigenvalue weighted by Crippen LogP contribution is -2.35. The molecule has 5 aromatic rings. The number of halogens is 6. The summed E-state index contributed by atoms with van der Waals surface area (Å²) in [7, 11) is 1.71. The number of alkyl halides is 3. The first-order valence-corrected chi connectivity index (χ1v) is 19.8. The summed E-state index contributed by atoms with van der Waals surface area (Å²) in [6.45, 7) is 8.14. The van der Waals surface area contributed by atoms with Gasteiger partial charge in [0.05, 0.1) is 37.3 Å². The van der Waals surface area contributed by atoms with Gasteiger partial charge in [0.15, 0.2) is 5.82 Å². The van der Waals surface area contributed by atoms with Crippen molar-refractivity contribution in [2.75, 3.05) is 11.9 Å². The summed E-state index contributed by atoms with van der Waals surface area (Å²) < 4.78 is 63.1. The molecular weight excluding hydrogens is 877 g/mol. The quantitative estimate of drug-likeness (QED) is 0.0432. The Hall–Kier alpha value is -4.50. The molecule has 57 heavy (non-hydrogen) atoms. The van der Waals surface area contributed by atoms with Gasteiger partial charge in [0.25, 0.3) is 5.92 Å². The number of nitrogens with one attached hydrogen (secondary N) is 2. The molecule has 2 aliphatic rings. The molecule has 0 spiro atoms. The number of rotatable bonds is 12. The maximum Gasteiger partial charge on any atom is 0.293 e. The van der Waals surface area contributed by atoms with Crippen LogP contribution >= 0.6 is 34.2 Å². The van der Waals surface area contributed by atoms with Crippen molar-refractivity contribution in [2.45, 2.75) is 74.0 Å². The molecule has 3 aromatic heterocycles. The predicted octanol–water partition coefficient (Wildman–Crippen LogP) is 8.00. The molecule has 298 valence electrons. The average Bonchev–Trinajstić information content (AvgIpc) is 3.65. The number of benzene rings is 2. The summed E-state index contributed by atoms with van der Waals surface area (Å²) >= 11 is 8.89. The van der Waals surface area contributed by atoms with Crippen LogP contribution in [0.25, 0.3) is 22.0 Å². The second-order valence-electron chi connectivity index (χ2n) is 15.0. The van der Waals surface area contributed by atoms with E-state index in [2.05, 4.69) is 61.8 Å². The maximum absolute atomic E-state index is 15.6. The van der Waals surface area contributed by atoms with Crippen LogP contribution in [-0.4, -0.2) is 52.9 Å². The number of hydrogen-bond acceptors (Lipinski definition) is 7. The number of hydrogen-bond donors (Lipinski definition) is 4. The van der Waals surface area contributed by atoms with E-state index >= 15 is 8.78 Å². The van der Waals surface area contributed by atoms with Gasteiger partial charge in [-0.3, -0.25) is 14.2 Å². The maximum atomic E-state index is 15.6. The van der Waals surface area contributed by atoms with Crippen molar-refractivity contribution >= 4 is 56.8 Å². The number of amides is 1. The second-order valence-corrected chi connectivity index (χ2v) is 17.3. The summed E-state index contributed by atoms with van der Waals surface area (Å²) in [4.78, 5) is 19.0. The third kappa shape index (κ3) is 8.14. The Balaban J connectivity index is 1.37. The number of aryl methyl sites for hydroxylation is 1. The molecule has 2 aromatic carbocycles. The molecule has 4 N–H and O–H groups in total. The number of aliphatic hydroxyl groups excluding tert-OH is 1. The van der Waals surface area contributed by atoms with Gasteiger partial charge >= 0.3 is 0 Å². The number of carbonyl (C=O) groups excluding carboxylic acids is 1. The molecule has 2 aliphatic carbocycles. The van der Waals surface area contributed by atoms with Gasteiger partial charge in [0.2, 0.25) is 5.91 Å². The number of pyridine rings is 1. The van der Waals surface area contributed by atoms with Crippen LogP contribution in [0.5, 0.6) is 0 Å². The van der Waals surface area contributed by atoms with Gasteiger partial charge in [-0.15, -0.1) is 0 Å². The van der Waals surface area contributed by atoms with Crippen molar-refractivity contribution in [2.24, 2.45) is 13.0 Å². The van der Waals surface area contributed by atoms with Gasteiger partial charge in [-0.25, -0.2) is 13.8 Å². The Morgan fingerprint density at radius 2 is 1.84 bits per heavy atom. The molecule has 4 atom stereocenters. The van der Waals surface area contributed by atoms with Crippen molar-refractivity contribution < 1.29 is 32.6 Å². The van der Waals surface area contributed by atoms with Gasteiger partial charge in [0.1, 0.15) is 35.2 Å². The first kappa shape index (κ1) is 40.7. The van der Waals surface area contributed by atoms with Crippen LogP contribution in [0.2, 0.25) is 5.02 Å². The Labute approximate surface area is 344 Å². The molecule has 1 saturated carbocycles. The fourth-order valence-corrected chi connectivity index (χ4v) is 8.27. The SMILES string of the molecule is C=C(CCO)Nc1nn(C)c2c(-c3ccc(C#CC(C)(C)O)nc3[C@H](Cc3cc(F)cc(F)c3)NC(=O)Cn3nc(C(C)I)c4c3C(F)(F)[C@@H]3C[C@H]43)ccc(Cl)c12. The van der Waals surface area contributed by atoms with Gasteiger partial charge in [0, 0.05) is 54.4 Å². The minimum Gasteiger partial charge on any atom is -0.396 e. The number of aliphatic hydroxyl groups is 2. The van der Waals surface area contributed by atoms with E-state index in [0.29, 0.717) is 56.2 Å². The molecule has 3 heterocycles. The first-order chi connectivity index (χ1) is 26.9. The molecule has 0 radical (unpaired) electrons. The topological polar surface area (TPSA) is 130 Å². The standard InChI is InChI=1S/C41H39ClF4IN7O3/c1-20(11-13-55)48-39-34-30(42)9-8-27(37(34)53(5)52-39)26-7-6-25(10-12-40(3,4)57)49-36(26)31(16-22-14-23(43)17-24(44)15-22)50-32(56)19-54-38-33(35(51-54)21(2)47)28-18-29(28)41(38,45)46/h6-9,14-15,17,21,28-29,31,55,57H,1,11,13,16,18-19H2,2-5H3,(H,48,52)(H,50,56)/t21?,28-,29+,31-/m0/s1. The Morgan fingerprint density at radius 1 is 1.14 bits per heavy atom. The van der Waals surface area contributed by atoms with E-state index in [-0.39, 0.29) is 51.9 Å². The fraction of sp³-hybridized carbons (Fsp3) is 0.366. The number of aromatic nitrogens is 5. The van der Waals surface area contributed by atoms with Crippen molar-refractivity contribution in [3.8, 4) is 23.0 Å². The van der Waals surface area contributed by atoms with Crippen molar-refractivity contribution in [1.82, 2.24) is 29.9 Å². The van der Waals surface area contributed by atoms with E-state index in [4.69, 9.17) is 16.6 Å². The van der Waals surface area contributed by atoms with Crippen LogP contribution in [0.4, 0.5) is 23.4 Å². The van der Waals surface area contributed by atoms with E-state index < -0.39 is 47.6 Å². The van der Waals surface area contributed by atoms with E-state index in [1.54, 1.807) is 36.0 Å².